The Morgan fingerprint density at radius 2 is 2.00 bits per heavy atom. The van der Waals surface area contributed by atoms with Crippen molar-refractivity contribution in [2.24, 2.45) is 0 Å². The van der Waals surface area contributed by atoms with E-state index in [1.165, 1.54) is 0 Å². The van der Waals surface area contributed by atoms with Gasteiger partial charge in [-0.25, -0.2) is 0 Å². The molecule has 0 unspecified atom stereocenters. The van der Waals surface area contributed by atoms with Crippen molar-refractivity contribution in [3.8, 4) is 5.75 Å². The molecule has 3 rings (SSSR count). The van der Waals surface area contributed by atoms with Crippen LogP contribution in [0.3, 0.4) is 0 Å². The minimum Gasteiger partial charge on any atom is -0.493 e. The van der Waals surface area contributed by atoms with Crippen LogP contribution in [0.1, 0.15) is 21.5 Å². The number of carbonyl (C=O) groups excluding carboxylic acids is 1. The average Bonchev–Trinajstić information content (AvgIpc) is 2.86. The van der Waals surface area contributed by atoms with Gasteiger partial charge in [-0.05, 0) is 29.8 Å². The lowest BCUT2D eigenvalue weighted by Gasteiger charge is -2.08. The van der Waals surface area contributed by atoms with Crippen LogP contribution >= 0.6 is 23.2 Å². The second-order valence-electron chi connectivity index (χ2n) is 4.76. The first-order valence-corrected chi connectivity index (χ1v) is 7.12. The number of halogens is 2. The molecular weight excluding hydrogens is 295 g/mol. The van der Waals surface area contributed by atoms with Gasteiger partial charge in [-0.1, -0.05) is 35.3 Å². The van der Waals surface area contributed by atoms with Gasteiger partial charge in [0.25, 0.3) is 0 Å². The number of carbonyl (C=O) groups is 1. The summed E-state index contributed by atoms with van der Waals surface area (Å²) in [5.41, 5.74) is 2.52. The molecule has 0 radical (unpaired) electrons. The highest BCUT2D eigenvalue weighted by Gasteiger charge is 2.19. The van der Waals surface area contributed by atoms with Crippen LogP contribution < -0.4 is 4.74 Å². The zero-order valence-electron chi connectivity index (χ0n) is 10.7. The summed E-state index contributed by atoms with van der Waals surface area (Å²) in [6, 6.07) is 10.7. The highest BCUT2D eigenvalue weighted by molar-refractivity contribution is 6.31. The first-order valence-electron chi connectivity index (χ1n) is 6.36. The molecule has 1 heterocycles. The van der Waals surface area contributed by atoms with Gasteiger partial charge in [0.15, 0.2) is 5.78 Å². The quantitative estimate of drug-likeness (QED) is 0.788. The summed E-state index contributed by atoms with van der Waals surface area (Å²) in [5.74, 6) is 0.817. The van der Waals surface area contributed by atoms with Gasteiger partial charge in [-0.15, -0.1) is 0 Å². The standard InChI is InChI=1S/C16H12Cl2O2/c17-13-3-1-2-10(6-13)15(19)9-12-8-14(18)7-11-4-5-20-16(11)12/h1-3,6-8H,4-5,9H2. The maximum Gasteiger partial charge on any atom is 0.167 e. The van der Waals surface area contributed by atoms with Crippen molar-refractivity contribution in [1.82, 2.24) is 0 Å². The summed E-state index contributed by atoms with van der Waals surface area (Å²) in [6.45, 7) is 0.647. The van der Waals surface area contributed by atoms with E-state index < -0.39 is 0 Å². The summed E-state index contributed by atoms with van der Waals surface area (Å²) in [5, 5.41) is 1.20. The molecular formula is C16H12Cl2O2. The summed E-state index contributed by atoms with van der Waals surface area (Å²) in [7, 11) is 0. The van der Waals surface area contributed by atoms with Crippen molar-refractivity contribution >= 4 is 29.0 Å². The van der Waals surface area contributed by atoms with Gasteiger partial charge in [0.2, 0.25) is 0 Å². The number of Topliss-reactive ketones (excluding diaryl/α,β-unsaturated/α-hetero) is 1. The number of ether oxygens (including phenoxy) is 1. The van der Waals surface area contributed by atoms with Crippen molar-refractivity contribution in [2.45, 2.75) is 12.8 Å². The Bertz CT molecular complexity index is 680. The van der Waals surface area contributed by atoms with E-state index >= 15 is 0 Å². The van der Waals surface area contributed by atoms with Gasteiger partial charge < -0.3 is 4.74 Å². The van der Waals surface area contributed by atoms with Crippen molar-refractivity contribution in [2.75, 3.05) is 6.61 Å². The van der Waals surface area contributed by atoms with Crippen molar-refractivity contribution in [3.63, 3.8) is 0 Å². The monoisotopic (exact) mass is 306 g/mol. The average molecular weight is 307 g/mol. The molecule has 4 heteroatoms. The Morgan fingerprint density at radius 3 is 2.80 bits per heavy atom. The van der Waals surface area contributed by atoms with Crippen LogP contribution in [-0.2, 0) is 12.8 Å². The molecule has 0 fully saturated rings. The lowest BCUT2D eigenvalue weighted by atomic mass is 10.00. The maximum atomic E-state index is 12.3. The van der Waals surface area contributed by atoms with E-state index in [-0.39, 0.29) is 12.2 Å². The number of fused-ring (bicyclic) bond motifs is 1. The van der Waals surface area contributed by atoms with E-state index in [4.69, 9.17) is 27.9 Å². The fourth-order valence-electron chi connectivity index (χ4n) is 2.41. The van der Waals surface area contributed by atoms with Crippen LogP contribution in [-0.4, -0.2) is 12.4 Å². The van der Waals surface area contributed by atoms with Crippen LogP contribution in [0.2, 0.25) is 10.0 Å². The van der Waals surface area contributed by atoms with Gasteiger partial charge >= 0.3 is 0 Å². The number of ketones is 1. The van der Waals surface area contributed by atoms with E-state index in [1.807, 2.05) is 6.07 Å². The number of benzene rings is 2. The zero-order valence-corrected chi connectivity index (χ0v) is 12.2. The predicted molar refractivity (Wildman–Crippen MR) is 80.1 cm³/mol. The summed E-state index contributed by atoms with van der Waals surface area (Å²) < 4.78 is 5.61. The first-order chi connectivity index (χ1) is 9.63. The molecule has 2 aromatic rings. The Kier molecular flexibility index (Phi) is 3.68. The molecule has 1 aliphatic rings. The lowest BCUT2D eigenvalue weighted by Crippen LogP contribution is -2.05. The Hall–Kier alpha value is -1.51. The van der Waals surface area contributed by atoms with Crippen LogP contribution in [0, 0.1) is 0 Å². The predicted octanol–water partition coefficient (Wildman–Crippen LogP) is 4.35. The summed E-state index contributed by atoms with van der Waals surface area (Å²) in [4.78, 5) is 12.3. The molecule has 102 valence electrons. The zero-order chi connectivity index (χ0) is 14.1. The molecule has 20 heavy (non-hydrogen) atoms. The second-order valence-corrected chi connectivity index (χ2v) is 5.63. The van der Waals surface area contributed by atoms with E-state index in [9.17, 15) is 4.79 Å². The molecule has 0 N–H and O–H groups in total. The number of hydrogen-bond donors (Lipinski definition) is 0. The third kappa shape index (κ3) is 2.67. The minimum atomic E-state index is 0.00691. The molecule has 2 nitrogen and oxygen atoms in total. The van der Waals surface area contributed by atoms with Crippen LogP contribution in [0.15, 0.2) is 36.4 Å². The highest BCUT2D eigenvalue weighted by Crippen LogP contribution is 2.33. The Labute approximate surface area is 127 Å². The van der Waals surface area contributed by atoms with E-state index in [0.29, 0.717) is 22.2 Å². The number of hydrogen-bond acceptors (Lipinski definition) is 2. The highest BCUT2D eigenvalue weighted by atomic mass is 35.5. The number of rotatable bonds is 3. The minimum absolute atomic E-state index is 0.00691. The summed E-state index contributed by atoms with van der Waals surface area (Å²) in [6.07, 6.45) is 1.11. The fraction of sp³-hybridized carbons (Fsp3) is 0.188. The van der Waals surface area contributed by atoms with E-state index in [0.717, 1.165) is 23.3 Å². The van der Waals surface area contributed by atoms with E-state index in [1.54, 1.807) is 30.3 Å². The smallest absolute Gasteiger partial charge is 0.167 e. The summed E-state index contributed by atoms with van der Waals surface area (Å²) >= 11 is 12.0. The fourth-order valence-corrected chi connectivity index (χ4v) is 2.87. The Morgan fingerprint density at radius 1 is 1.15 bits per heavy atom. The SMILES string of the molecule is O=C(Cc1cc(Cl)cc2c1OCC2)c1cccc(Cl)c1. The third-order valence-electron chi connectivity index (χ3n) is 3.32. The second kappa shape index (κ2) is 5.47. The molecule has 0 atom stereocenters. The molecule has 0 spiro atoms. The van der Waals surface area contributed by atoms with Crippen molar-refractivity contribution in [1.29, 1.82) is 0 Å². The maximum absolute atomic E-state index is 12.3. The topological polar surface area (TPSA) is 26.3 Å². The normalized spacial score (nSPS) is 12.9. The molecule has 0 bridgehead atoms. The van der Waals surface area contributed by atoms with Crippen LogP contribution in [0.5, 0.6) is 5.75 Å². The first kappa shape index (κ1) is 13.5. The van der Waals surface area contributed by atoms with Crippen LogP contribution in [0.25, 0.3) is 0 Å². The van der Waals surface area contributed by atoms with Gasteiger partial charge in [0, 0.05) is 34.0 Å². The molecule has 0 saturated heterocycles. The molecule has 1 aliphatic heterocycles. The third-order valence-corrected chi connectivity index (χ3v) is 3.78. The van der Waals surface area contributed by atoms with Crippen molar-refractivity contribution in [3.05, 3.63) is 63.1 Å². The van der Waals surface area contributed by atoms with Gasteiger partial charge in [-0.3, -0.25) is 4.79 Å². The molecule has 0 saturated carbocycles. The Balaban J connectivity index is 1.90. The molecule has 2 aromatic carbocycles. The molecule has 0 aliphatic carbocycles. The van der Waals surface area contributed by atoms with Gasteiger partial charge in [0.05, 0.1) is 6.61 Å². The lowest BCUT2D eigenvalue weighted by molar-refractivity contribution is 0.0992. The van der Waals surface area contributed by atoms with Gasteiger partial charge in [-0.2, -0.15) is 0 Å². The molecule has 0 aromatic heterocycles. The largest absolute Gasteiger partial charge is 0.493 e. The van der Waals surface area contributed by atoms with Crippen molar-refractivity contribution < 1.29 is 9.53 Å². The molecule has 0 amide bonds. The van der Waals surface area contributed by atoms with Gasteiger partial charge in [0.1, 0.15) is 5.75 Å². The van der Waals surface area contributed by atoms with E-state index in [2.05, 4.69) is 0 Å². The van der Waals surface area contributed by atoms with Crippen LogP contribution in [0.4, 0.5) is 0 Å².